The third-order valence-corrected chi connectivity index (χ3v) is 3.89. The summed E-state index contributed by atoms with van der Waals surface area (Å²) in [5, 5.41) is 2.70. The minimum atomic E-state index is -0.676. The summed E-state index contributed by atoms with van der Waals surface area (Å²) in [4.78, 5) is 20.1. The van der Waals surface area contributed by atoms with Gasteiger partial charge in [0.25, 0.3) is 0 Å². The molecule has 0 bridgehead atoms. The molecule has 1 aliphatic carbocycles. The number of nitrogens with zero attached hydrogens (tertiary/aromatic N) is 2. The lowest BCUT2D eigenvalue weighted by Gasteiger charge is -2.06. The fourth-order valence-corrected chi connectivity index (χ4v) is 2.37. The summed E-state index contributed by atoms with van der Waals surface area (Å²) in [7, 11) is 0. The third kappa shape index (κ3) is 2.95. The molecule has 0 aliphatic heterocycles. The van der Waals surface area contributed by atoms with Crippen molar-refractivity contribution in [1.29, 1.82) is 0 Å². The molecule has 1 aromatic carbocycles. The Morgan fingerprint density at radius 1 is 1.18 bits per heavy atom. The molecule has 0 radical (unpaired) electrons. The minimum Gasteiger partial charge on any atom is -0.309 e. The van der Waals surface area contributed by atoms with E-state index >= 15 is 0 Å². The summed E-state index contributed by atoms with van der Waals surface area (Å²) in [5.41, 5.74) is 0.672. The van der Waals surface area contributed by atoms with Crippen LogP contribution >= 0.6 is 0 Å². The van der Waals surface area contributed by atoms with E-state index in [1.165, 1.54) is 24.5 Å². The van der Waals surface area contributed by atoms with Crippen molar-refractivity contribution >= 4 is 11.7 Å². The number of anilines is 1. The number of carbonyl (C=O) groups is 1. The van der Waals surface area contributed by atoms with E-state index in [0.717, 1.165) is 12.5 Å². The predicted molar refractivity (Wildman–Crippen MR) is 77.9 cm³/mol. The van der Waals surface area contributed by atoms with Crippen molar-refractivity contribution in [3.8, 4) is 11.3 Å². The average molecular weight is 303 g/mol. The standard InChI is InChI=1S/C16H15F2N3O/c1-16(2)6-12(16)15(22)21-14-8-19-13(7-20-14)9-3-10(17)5-11(18)4-9/h3-5,7-8,12H,6H2,1-2H3,(H,20,21,22). The molecule has 2 aromatic rings. The second-order valence-corrected chi connectivity index (χ2v) is 6.18. The zero-order chi connectivity index (χ0) is 15.9. The van der Waals surface area contributed by atoms with Gasteiger partial charge in [0.15, 0.2) is 5.82 Å². The maximum Gasteiger partial charge on any atom is 0.229 e. The van der Waals surface area contributed by atoms with Crippen molar-refractivity contribution in [2.24, 2.45) is 11.3 Å². The Balaban J connectivity index is 1.74. The van der Waals surface area contributed by atoms with Gasteiger partial charge in [0.05, 0.1) is 18.1 Å². The molecule has 0 spiro atoms. The summed E-state index contributed by atoms with van der Waals surface area (Å²) in [6, 6.07) is 3.15. The van der Waals surface area contributed by atoms with Crippen LogP contribution in [0.1, 0.15) is 20.3 Å². The Kier molecular flexibility index (Phi) is 3.39. The molecule has 1 saturated carbocycles. The quantitative estimate of drug-likeness (QED) is 0.945. The Hall–Kier alpha value is -2.37. The van der Waals surface area contributed by atoms with Crippen LogP contribution in [-0.2, 0) is 4.79 Å². The number of rotatable bonds is 3. The lowest BCUT2D eigenvalue weighted by atomic mass is 10.1. The van der Waals surface area contributed by atoms with Gasteiger partial charge >= 0.3 is 0 Å². The molecule has 1 heterocycles. The fraction of sp³-hybridized carbons (Fsp3) is 0.312. The molecular formula is C16H15F2N3O. The van der Waals surface area contributed by atoms with Crippen molar-refractivity contribution in [1.82, 2.24) is 9.97 Å². The first-order valence-electron chi connectivity index (χ1n) is 6.94. The Morgan fingerprint density at radius 2 is 1.82 bits per heavy atom. The molecule has 1 amide bonds. The van der Waals surface area contributed by atoms with Gasteiger partial charge in [0.1, 0.15) is 11.6 Å². The van der Waals surface area contributed by atoms with Crippen molar-refractivity contribution in [3.05, 3.63) is 42.2 Å². The summed E-state index contributed by atoms with van der Waals surface area (Å²) in [6.07, 6.45) is 3.61. The van der Waals surface area contributed by atoms with Crippen LogP contribution in [0.3, 0.4) is 0 Å². The molecule has 1 unspecified atom stereocenters. The second-order valence-electron chi connectivity index (χ2n) is 6.18. The number of hydrogen-bond donors (Lipinski definition) is 1. The van der Waals surface area contributed by atoms with Gasteiger partial charge in [0, 0.05) is 17.5 Å². The monoisotopic (exact) mass is 303 g/mol. The zero-order valence-corrected chi connectivity index (χ0v) is 12.2. The summed E-state index contributed by atoms with van der Waals surface area (Å²) in [5.74, 6) is -1.11. The maximum absolute atomic E-state index is 13.2. The third-order valence-electron chi connectivity index (χ3n) is 3.89. The molecule has 114 valence electrons. The number of halogens is 2. The van der Waals surface area contributed by atoms with Gasteiger partial charge in [0.2, 0.25) is 5.91 Å². The van der Waals surface area contributed by atoms with E-state index in [1.807, 2.05) is 13.8 Å². The maximum atomic E-state index is 13.2. The van der Waals surface area contributed by atoms with Gasteiger partial charge in [-0.1, -0.05) is 13.8 Å². The Labute approximate surface area is 126 Å². The van der Waals surface area contributed by atoms with E-state index in [1.54, 1.807) is 0 Å². The highest BCUT2D eigenvalue weighted by molar-refractivity contribution is 5.94. The molecule has 1 atom stereocenters. The summed E-state index contributed by atoms with van der Waals surface area (Å²) >= 11 is 0. The Morgan fingerprint density at radius 3 is 2.32 bits per heavy atom. The molecular weight excluding hydrogens is 288 g/mol. The van der Waals surface area contributed by atoms with Crippen LogP contribution in [0.25, 0.3) is 11.3 Å². The highest BCUT2D eigenvalue weighted by Crippen LogP contribution is 2.51. The number of amides is 1. The van der Waals surface area contributed by atoms with Crippen LogP contribution in [0.5, 0.6) is 0 Å². The smallest absolute Gasteiger partial charge is 0.229 e. The normalized spacial score (nSPS) is 18.8. The largest absolute Gasteiger partial charge is 0.309 e. The van der Waals surface area contributed by atoms with E-state index < -0.39 is 11.6 Å². The molecule has 4 nitrogen and oxygen atoms in total. The second kappa shape index (κ2) is 5.12. The van der Waals surface area contributed by atoms with E-state index in [0.29, 0.717) is 17.1 Å². The molecule has 3 rings (SSSR count). The fourth-order valence-electron chi connectivity index (χ4n) is 2.37. The molecule has 0 saturated heterocycles. The topological polar surface area (TPSA) is 54.9 Å². The number of carbonyl (C=O) groups excluding carboxylic acids is 1. The minimum absolute atomic E-state index is 0.00806. The van der Waals surface area contributed by atoms with E-state index in [9.17, 15) is 13.6 Å². The van der Waals surface area contributed by atoms with Gasteiger partial charge < -0.3 is 5.32 Å². The van der Waals surface area contributed by atoms with Crippen molar-refractivity contribution in [2.75, 3.05) is 5.32 Å². The van der Waals surface area contributed by atoms with Gasteiger partial charge in [-0.2, -0.15) is 0 Å². The van der Waals surface area contributed by atoms with Gasteiger partial charge in [-0.15, -0.1) is 0 Å². The molecule has 1 N–H and O–H groups in total. The first-order valence-corrected chi connectivity index (χ1v) is 6.94. The van der Waals surface area contributed by atoms with E-state index in [2.05, 4.69) is 15.3 Å². The van der Waals surface area contributed by atoms with Crippen LogP contribution in [-0.4, -0.2) is 15.9 Å². The number of nitrogens with one attached hydrogen (secondary N) is 1. The first-order chi connectivity index (χ1) is 10.3. The molecule has 6 heteroatoms. The van der Waals surface area contributed by atoms with Gasteiger partial charge in [-0.3, -0.25) is 9.78 Å². The van der Waals surface area contributed by atoms with Crippen molar-refractivity contribution in [2.45, 2.75) is 20.3 Å². The lowest BCUT2D eigenvalue weighted by molar-refractivity contribution is -0.118. The predicted octanol–water partition coefficient (Wildman–Crippen LogP) is 3.41. The van der Waals surface area contributed by atoms with Gasteiger partial charge in [-0.05, 0) is 24.0 Å². The summed E-state index contributed by atoms with van der Waals surface area (Å²) in [6.45, 7) is 4.06. The van der Waals surface area contributed by atoms with Crippen molar-refractivity contribution in [3.63, 3.8) is 0 Å². The van der Waals surface area contributed by atoms with Crippen molar-refractivity contribution < 1.29 is 13.6 Å². The highest BCUT2D eigenvalue weighted by Gasteiger charge is 2.50. The average Bonchev–Trinajstić information content (AvgIpc) is 3.08. The van der Waals surface area contributed by atoms with Crippen LogP contribution in [0, 0.1) is 23.0 Å². The zero-order valence-electron chi connectivity index (χ0n) is 12.2. The highest BCUT2D eigenvalue weighted by atomic mass is 19.1. The first kappa shape index (κ1) is 14.6. The van der Waals surface area contributed by atoms with E-state index in [-0.39, 0.29) is 17.2 Å². The molecule has 1 fully saturated rings. The van der Waals surface area contributed by atoms with Crippen LogP contribution in [0.4, 0.5) is 14.6 Å². The SMILES string of the molecule is CC1(C)CC1C(=O)Nc1cnc(-c2cc(F)cc(F)c2)cn1. The molecule has 22 heavy (non-hydrogen) atoms. The Bertz CT molecular complexity index is 708. The number of benzene rings is 1. The number of hydrogen-bond acceptors (Lipinski definition) is 3. The van der Waals surface area contributed by atoms with Crippen LogP contribution in [0.2, 0.25) is 0 Å². The number of aromatic nitrogens is 2. The van der Waals surface area contributed by atoms with Gasteiger partial charge in [-0.25, -0.2) is 13.8 Å². The summed E-state index contributed by atoms with van der Waals surface area (Å²) < 4.78 is 26.4. The lowest BCUT2D eigenvalue weighted by Crippen LogP contribution is -2.17. The van der Waals surface area contributed by atoms with Crippen LogP contribution < -0.4 is 5.32 Å². The van der Waals surface area contributed by atoms with E-state index in [4.69, 9.17) is 0 Å². The molecule has 1 aliphatic rings. The molecule has 1 aromatic heterocycles. The van der Waals surface area contributed by atoms with Crippen LogP contribution in [0.15, 0.2) is 30.6 Å².